The van der Waals surface area contributed by atoms with Crippen molar-refractivity contribution in [1.82, 2.24) is 14.8 Å². The molecule has 6 heteroatoms. The molecule has 0 spiro atoms. The monoisotopic (exact) mass is 403 g/mol. The molecule has 2 aromatic rings. The maximum atomic E-state index is 12.9. The fraction of sp³-hybridized carbons (Fsp3) is 0.429. The van der Waals surface area contributed by atoms with E-state index in [1.807, 2.05) is 35.2 Å². The van der Waals surface area contributed by atoms with E-state index >= 15 is 0 Å². The lowest BCUT2D eigenvalue weighted by atomic mass is 9.98. The van der Waals surface area contributed by atoms with Crippen LogP contribution < -0.4 is 0 Å². The molecule has 4 rings (SSSR count). The Balaban J connectivity index is 1.50. The minimum absolute atomic E-state index is 0.0886. The van der Waals surface area contributed by atoms with Crippen LogP contribution in [-0.4, -0.2) is 46.4 Å². The van der Waals surface area contributed by atoms with Crippen molar-refractivity contribution < 1.29 is 4.79 Å². The Bertz CT molecular complexity index is 814. The van der Waals surface area contributed by atoms with E-state index < -0.39 is 0 Å². The fourth-order valence-electron chi connectivity index (χ4n) is 4.35. The molecule has 2 saturated heterocycles. The third kappa shape index (κ3) is 4.13. The van der Waals surface area contributed by atoms with Crippen LogP contribution in [0.1, 0.15) is 35.2 Å². The number of halogens is 2. The average Bonchev–Trinajstić information content (AvgIpc) is 3.02. The number of pyridine rings is 1. The molecule has 1 aromatic carbocycles. The van der Waals surface area contributed by atoms with Gasteiger partial charge in [-0.05, 0) is 55.1 Å². The van der Waals surface area contributed by atoms with E-state index in [0.717, 1.165) is 26.2 Å². The molecule has 0 saturated carbocycles. The highest BCUT2D eigenvalue weighted by Crippen LogP contribution is 2.32. The predicted octanol–water partition coefficient (Wildman–Crippen LogP) is 4.52. The summed E-state index contributed by atoms with van der Waals surface area (Å²) in [5.41, 5.74) is 1.84. The lowest BCUT2D eigenvalue weighted by molar-refractivity contribution is 0.0772. The highest BCUT2D eigenvalue weighted by atomic mass is 35.5. The van der Waals surface area contributed by atoms with Gasteiger partial charge in [-0.3, -0.25) is 14.7 Å². The van der Waals surface area contributed by atoms with Gasteiger partial charge in [-0.1, -0.05) is 35.7 Å². The molecule has 1 amide bonds. The molecule has 0 aliphatic carbocycles. The zero-order chi connectivity index (χ0) is 18.8. The number of nitrogens with zero attached hydrogens (tertiary/aromatic N) is 3. The van der Waals surface area contributed by atoms with E-state index in [-0.39, 0.29) is 5.91 Å². The Morgan fingerprint density at radius 1 is 1.15 bits per heavy atom. The van der Waals surface area contributed by atoms with Gasteiger partial charge in [0.15, 0.2) is 0 Å². The van der Waals surface area contributed by atoms with E-state index in [1.165, 1.54) is 24.8 Å². The number of likely N-dealkylation sites (tertiary alicyclic amines) is 2. The number of amides is 1. The molecule has 2 atom stereocenters. The number of carbonyl (C=O) groups excluding carboxylic acids is 1. The summed E-state index contributed by atoms with van der Waals surface area (Å²) in [4.78, 5) is 21.5. The Labute approximate surface area is 170 Å². The molecule has 1 aromatic heterocycles. The highest BCUT2D eigenvalue weighted by molar-refractivity contribution is 6.42. The molecule has 27 heavy (non-hydrogen) atoms. The lowest BCUT2D eigenvalue weighted by Crippen LogP contribution is -2.40. The smallest absolute Gasteiger partial charge is 0.255 e. The number of rotatable bonds is 3. The van der Waals surface area contributed by atoms with Gasteiger partial charge in [0.25, 0.3) is 5.91 Å². The van der Waals surface area contributed by atoms with E-state index in [2.05, 4.69) is 9.88 Å². The molecule has 0 unspecified atom stereocenters. The van der Waals surface area contributed by atoms with Gasteiger partial charge in [-0.15, -0.1) is 0 Å². The average molecular weight is 404 g/mol. The van der Waals surface area contributed by atoms with E-state index in [9.17, 15) is 4.79 Å². The molecule has 0 N–H and O–H groups in total. The van der Waals surface area contributed by atoms with Crippen LogP contribution in [0.5, 0.6) is 0 Å². The zero-order valence-corrected chi connectivity index (χ0v) is 16.7. The van der Waals surface area contributed by atoms with Crippen LogP contribution in [0.4, 0.5) is 0 Å². The van der Waals surface area contributed by atoms with Crippen LogP contribution in [0.25, 0.3) is 0 Å². The van der Waals surface area contributed by atoms with Gasteiger partial charge in [0, 0.05) is 38.1 Å². The summed E-state index contributed by atoms with van der Waals surface area (Å²) in [6.45, 7) is 3.50. The predicted molar refractivity (Wildman–Crippen MR) is 108 cm³/mol. The topological polar surface area (TPSA) is 36.4 Å². The Morgan fingerprint density at radius 3 is 2.81 bits per heavy atom. The van der Waals surface area contributed by atoms with Gasteiger partial charge in [0.05, 0.1) is 15.6 Å². The highest BCUT2D eigenvalue weighted by Gasteiger charge is 2.39. The summed E-state index contributed by atoms with van der Waals surface area (Å²) in [7, 11) is 0. The second kappa shape index (κ2) is 8.17. The van der Waals surface area contributed by atoms with E-state index in [1.54, 1.807) is 12.4 Å². The van der Waals surface area contributed by atoms with Crippen molar-refractivity contribution in [2.75, 3.05) is 19.6 Å². The molecule has 0 bridgehead atoms. The summed E-state index contributed by atoms with van der Waals surface area (Å²) < 4.78 is 0. The number of hydrogen-bond acceptors (Lipinski definition) is 3. The van der Waals surface area contributed by atoms with Gasteiger partial charge in [-0.25, -0.2) is 0 Å². The van der Waals surface area contributed by atoms with E-state index in [0.29, 0.717) is 27.6 Å². The second-order valence-corrected chi connectivity index (χ2v) is 8.31. The number of fused-ring (bicyclic) bond motifs is 1. The molecule has 2 fully saturated rings. The van der Waals surface area contributed by atoms with Gasteiger partial charge in [0.1, 0.15) is 0 Å². The Hall–Kier alpha value is -1.62. The van der Waals surface area contributed by atoms with Crippen LogP contribution in [0, 0.1) is 5.92 Å². The van der Waals surface area contributed by atoms with Crippen molar-refractivity contribution in [3.05, 3.63) is 63.9 Å². The number of benzene rings is 1. The standard InChI is InChI=1S/C21H23Cl2N3O/c22-18-7-6-15(10-19(18)23)12-25-9-2-1-4-17-13-26(14-20(17)25)21(27)16-5-3-8-24-11-16/h3,5-8,10-11,17,20H,1-2,4,9,12-14H2/t17-,20+/m0/s1. The summed E-state index contributed by atoms with van der Waals surface area (Å²) >= 11 is 12.3. The van der Waals surface area contributed by atoms with Crippen LogP contribution >= 0.6 is 23.2 Å². The first-order valence-corrected chi connectivity index (χ1v) is 10.2. The van der Waals surface area contributed by atoms with Gasteiger partial charge in [0.2, 0.25) is 0 Å². The third-order valence-electron chi connectivity index (χ3n) is 5.71. The Morgan fingerprint density at radius 2 is 2.04 bits per heavy atom. The number of aromatic nitrogens is 1. The first kappa shape index (κ1) is 18.7. The first-order chi connectivity index (χ1) is 13.1. The van der Waals surface area contributed by atoms with E-state index in [4.69, 9.17) is 23.2 Å². The molecule has 0 radical (unpaired) electrons. The van der Waals surface area contributed by atoms with Gasteiger partial charge in [-0.2, -0.15) is 0 Å². The zero-order valence-electron chi connectivity index (χ0n) is 15.2. The van der Waals surface area contributed by atoms with Crippen molar-refractivity contribution in [3.63, 3.8) is 0 Å². The maximum Gasteiger partial charge on any atom is 0.255 e. The van der Waals surface area contributed by atoms with Crippen molar-refractivity contribution in [3.8, 4) is 0 Å². The molecular weight excluding hydrogens is 381 g/mol. The van der Waals surface area contributed by atoms with Crippen molar-refractivity contribution in [2.45, 2.75) is 31.8 Å². The third-order valence-corrected chi connectivity index (χ3v) is 6.45. The summed E-state index contributed by atoms with van der Waals surface area (Å²) in [5.74, 6) is 0.613. The maximum absolute atomic E-state index is 12.9. The van der Waals surface area contributed by atoms with Crippen molar-refractivity contribution >= 4 is 29.1 Å². The molecule has 2 aliphatic rings. The minimum atomic E-state index is 0.0886. The molecule has 4 nitrogen and oxygen atoms in total. The van der Waals surface area contributed by atoms with Gasteiger partial charge >= 0.3 is 0 Å². The van der Waals surface area contributed by atoms with Crippen LogP contribution in [-0.2, 0) is 6.54 Å². The number of hydrogen-bond donors (Lipinski definition) is 0. The lowest BCUT2D eigenvalue weighted by Gasteiger charge is -2.30. The largest absolute Gasteiger partial charge is 0.337 e. The second-order valence-electron chi connectivity index (χ2n) is 7.49. The Kier molecular flexibility index (Phi) is 5.67. The van der Waals surface area contributed by atoms with Crippen molar-refractivity contribution in [1.29, 1.82) is 0 Å². The van der Waals surface area contributed by atoms with Crippen molar-refractivity contribution in [2.24, 2.45) is 5.92 Å². The normalized spacial score (nSPS) is 23.1. The van der Waals surface area contributed by atoms with Crippen LogP contribution in [0.2, 0.25) is 10.0 Å². The minimum Gasteiger partial charge on any atom is -0.337 e. The summed E-state index contributed by atoms with van der Waals surface area (Å²) in [6.07, 6.45) is 6.95. The fourth-order valence-corrected chi connectivity index (χ4v) is 4.67. The molecule has 2 aliphatic heterocycles. The number of carbonyl (C=O) groups is 1. The molecule has 142 valence electrons. The molecule has 3 heterocycles. The molecular formula is C21H23Cl2N3O. The van der Waals surface area contributed by atoms with Crippen LogP contribution in [0.3, 0.4) is 0 Å². The quantitative estimate of drug-likeness (QED) is 0.755. The van der Waals surface area contributed by atoms with Gasteiger partial charge < -0.3 is 4.90 Å². The SMILES string of the molecule is O=C(c1cccnc1)N1C[C@@H]2CCCCN(Cc3ccc(Cl)c(Cl)c3)[C@@H]2C1. The summed E-state index contributed by atoms with van der Waals surface area (Å²) in [5, 5.41) is 1.18. The first-order valence-electron chi connectivity index (χ1n) is 9.49. The summed E-state index contributed by atoms with van der Waals surface area (Å²) in [6, 6.07) is 9.91. The van der Waals surface area contributed by atoms with Crippen LogP contribution in [0.15, 0.2) is 42.7 Å².